The average Bonchev–Trinajstić information content (AvgIpc) is 2.52. The molecule has 2 heterocycles. The van der Waals surface area contributed by atoms with E-state index in [1.807, 2.05) is 4.90 Å². The summed E-state index contributed by atoms with van der Waals surface area (Å²) >= 11 is 0. The minimum absolute atomic E-state index is 0.0591. The Morgan fingerprint density at radius 3 is 2.39 bits per heavy atom. The fourth-order valence-corrected chi connectivity index (χ4v) is 2.59. The van der Waals surface area contributed by atoms with Crippen LogP contribution in [0, 0.1) is 6.92 Å². The molecule has 0 saturated heterocycles. The Hall–Kier alpha value is -2.57. The van der Waals surface area contributed by atoms with Crippen molar-refractivity contribution < 1.29 is 4.79 Å². The molecule has 0 aliphatic carbocycles. The Bertz CT molecular complexity index is 801. The Morgan fingerprint density at radius 2 is 1.74 bits per heavy atom. The molecule has 0 spiro atoms. The molecule has 1 aromatic rings. The van der Waals surface area contributed by atoms with Gasteiger partial charge in [-0.1, -0.05) is 6.58 Å². The number of carbonyl (C=O) groups is 1. The molecule has 7 heteroatoms. The molecule has 2 rings (SSSR count). The number of aryl methyl sites for hydroxylation is 2. The van der Waals surface area contributed by atoms with Gasteiger partial charge in [-0.05, 0) is 20.3 Å². The van der Waals surface area contributed by atoms with Crippen LogP contribution in [0.4, 0.5) is 0 Å². The molecule has 0 saturated carbocycles. The van der Waals surface area contributed by atoms with Crippen LogP contribution in [0.25, 0.3) is 0 Å². The minimum atomic E-state index is -0.322. The lowest BCUT2D eigenvalue weighted by Gasteiger charge is -2.34. The summed E-state index contributed by atoms with van der Waals surface area (Å²) in [6.45, 7) is 8.49. The van der Waals surface area contributed by atoms with Crippen molar-refractivity contribution in [2.24, 2.45) is 7.05 Å². The molecule has 0 atom stereocenters. The summed E-state index contributed by atoms with van der Waals surface area (Å²) < 4.78 is 2.65. The van der Waals surface area contributed by atoms with Gasteiger partial charge in [-0.3, -0.25) is 19.1 Å². The van der Waals surface area contributed by atoms with Gasteiger partial charge in [0.25, 0.3) is 11.5 Å². The van der Waals surface area contributed by atoms with Crippen LogP contribution >= 0.6 is 0 Å². The summed E-state index contributed by atoms with van der Waals surface area (Å²) in [6.07, 6.45) is 4.05. The molecule has 23 heavy (non-hydrogen) atoms. The number of hydrogen-bond acceptors (Lipinski definition) is 4. The SMILES string of the molecule is C=C1N(CCCn2cc(C)c(=O)n(C)c2=O)C=C(C)C(=O)N1C. The number of hydrogen-bond donors (Lipinski definition) is 0. The average molecular weight is 318 g/mol. The van der Waals surface area contributed by atoms with Crippen molar-refractivity contribution in [1.29, 1.82) is 0 Å². The normalized spacial score (nSPS) is 15.2. The molecule has 1 aliphatic heterocycles. The zero-order chi connectivity index (χ0) is 17.3. The first-order valence-electron chi connectivity index (χ1n) is 7.43. The molecular formula is C16H22N4O3. The highest BCUT2D eigenvalue weighted by Crippen LogP contribution is 2.18. The van der Waals surface area contributed by atoms with Crippen LogP contribution in [0.3, 0.4) is 0 Å². The van der Waals surface area contributed by atoms with Gasteiger partial charge >= 0.3 is 5.69 Å². The maximum atomic E-state index is 12.1. The van der Waals surface area contributed by atoms with E-state index in [1.54, 1.807) is 33.3 Å². The number of carbonyl (C=O) groups excluding carboxylic acids is 1. The Balaban J connectivity index is 2.09. The van der Waals surface area contributed by atoms with E-state index >= 15 is 0 Å². The minimum Gasteiger partial charge on any atom is -0.334 e. The quantitative estimate of drug-likeness (QED) is 0.806. The third-order valence-corrected chi connectivity index (χ3v) is 4.03. The van der Waals surface area contributed by atoms with E-state index in [1.165, 1.54) is 16.5 Å². The van der Waals surface area contributed by atoms with E-state index in [9.17, 15) is 14.4 Å². The predicted molar refractivity (Wildman–Crippen MR) is 87.7 cm³/mol. The van der Waals surface area contributed by atoms with E-state index in [0.717, 1.165) is 4.57 Å². The maximum absolute atomic E-state index is 12.1. The van der Waals surface area contributed by atoms with Crippen LogP contribution in [-0.4, -0.2) is 38.4 Å². The molecule has 0 radical (unpaired) electrons. The number of nitrogens with zero attached hydrogens (tertiary/aromatic N) is 4. The highest BCUT2D eigenvalue weighted by molar-refractivity contribution is 5.94. The van der Waals surface area contributed by atoms with Gasteiger partial charge < -0.3 is 9.47 Å². The topological polar surface area (TPSA) is 67.5 Å². The standard InChI is InChI=1S/C16H22N4O3/c1-11-9-19(13(3)17(4)14(11)21)7-6-8-20-10-12(2)15(22)18(5)16(20)23/h9-10H,3,6-8H2,1-2,4-5H3. The van der Waals surface area contributed by atoms with E-state index in [0.29, 0.717) is 36.5 Å². The molecule has 1 aromatic heterocycles. The molecule has 1 amide bonds. The molecule has 7 nitrogen and oxygen atoms in total. The van der Waals surface area contributed by atoms with Crippen LogP contribution in [0.2, 0.25) is 0 Å². The maximum Gasteiger partial charge on any atom is 0.330 e. The van der Waals surface area contributed by atoms with E-state index in [-0.39, 0.29) is 17.2 Å². The first kappa shape index (κ1) is 16.8. The summed E-state index contributed by atoms with van der Waals surface area (Å²) in [5.74, 6) is 0.556. The van der Waals surface area contributed by atoms with Crippen molar-refractivity contribution in [1.82, 2.24) is 18.9 Å². The molecule has 0 fully saturated rings. The molecule has 0 aromatic carbocycles. The van der Waals surface area contributed by atoms with Crippen molar-refractivity contribution in [3.8, 4) is 0 Å². The summed E-state index contributed by atoms with van der Waals surface area (Å²) in [7, 11) is 3.17. The second kappa shape index (κ2) is 6.28. The molecule has 0 unspecified atom stereocenters. The van der Waals surface area contributed by atoms with Crippen molar-refractivity contribution in [2.75, 3.05) is 13.6 Å². The first-order valence-corrected chi connectivity index (χ1v) is 7.43. The molecular weight excluding hydrogens is 296 g/mol. The van der Waals surface area contributed by atoms with Gasteiger partial charge in [-0.15, -0.1) is 0 Å². The molecule has 1 aliphatic rings. The fourth-order valence-electron chi connectivity index (χ4n) is 2.59. The monoisotopic (exact) mass is 318 g/mol. The molecule has 0 N–H and O–H groups in total. The van der Waals surface area contributed by atoms with Gasteiger partial charge in [0.15, 0.2) is 0 Å². The highest BCUT2D eigenvalue weighted by atomic mass is 16.2. The first-order chi connectivity index (χ1) is 10.7. The lowest BCUT2D eigenvalue weighted by atomic mass is 10.2. The zero-order valence-corrected chi connectivity index (χ0v) is 14.0. The van der Waals surface area contributed by atoms with Gasteiger partial charge in [0.2, 0.25) is 0 Å². The number of likely N-dealkylation sites (N-methyl/N-ethyl adjacent to an activating group) is 1. The second-order valence-electron chi connectivity index (χ2n) is 5.79. The zero-order valence-electron chi connectivity index (χ0n) is 14.0. The fraction of sp³-hybridized carbons (Fsp3) is 0.438. The van der Waals surface area contributed by atoms with E-state index in [4.69, 9.17) is 0 Å². The molecule has 124 valence electrons. The van der Waals surface area contributed by atoms with Gasteiger partial charge in [0.1, 0.15) is 5.82 Å². The number of rotatable bonds is 4. The summed E-state index contributed by atoms with van der Waals surface area (Å²) in [5.41, 5.74) is 0.594. The Labute approximate surface area is 134 Å². The van der Waals surface area contributed by atoms with E-state index < -0.39 is 0 Å². The van der Waals surface area contributed by atoms with Crippen LogP contribution in [0.1, 0.15) is 18.9 Å². The van der Waals surface area contributed by atoms with Gasteiger partial charge in [-0.25, -0.2) is 4.79 Å². The summed E-state index contributed by atoms with van der Waals surface area (Å²) in [6, 6.07) is 0. The summed E-state index contributed by atoms with van der Waals surface area (Å²) in [5, 5.41) is 0. The second-order valence-corrected chi connectivity index (χ2v) is 5.79. The van der Waals surface area contributed by atoms with Crippen molar-refractivity contribution in [3.63, 3.8) is 0 Å². The van der Waals surface area contributed by atoms with Gasteiger partial charge in [-0.2, -0.15) is 0 Å². The van der Waals surface area contributed by atoms with Crippen molar-refractivity contribution >= 4 is 5.91 Å². The molecule has 0 bridgehead atoms. The van der Waals surface area contributed by atoms with Crippen LogP contribution in [-0.2, 0) is 18.4 Å². The summed E-state index contributed by atoms with van der Waals surface area (Å²) in [4.78, 5) is 39.0. The largest absolute Gasteiger partial charge is 0.334 e. The van der Waals surface area contributed by atoms with Crippen LogP contribution in [0.15, 0.2) is 40.0 Å². The smallest absolute Gasteiger partial charge is 0.330 e. The third kappa shape index (κ3) is 3.13. The number of amides is 1. The lowest BCUT2D eigenvalue weighted by molar-refractivity contribution is -0.125. The van der Waals surface area contributed by atoms with Crippen LogP contribution in [0.5, 0.6) is 0 Å². The van der Waals surface area contributed by atoms with Crippen molar-refractivity contribution in [3.05, 3.63) is 56.8 Å². The van der Waals surface area contributed by atoms with Crippen LogP contribution < -0.4 is 11.2 Å². The Morgan fingerprint density at radius 1 is 1.09 bits per heavy atom. The van der Waals surface area contributed by atoms with Gasteiger partial charge in [0, 0.05) is 50.7 Å². The predicted octanol–water partition coefficient (Wildman–Crippen LogP) is 0.395. The van der Waals surface area contributed by atoms with Crippen molar-refractivity contribution in [2.45, 2.75) is 26.8 Å². The van der Waals surface area contributed by atoms with E-state index in [2.05, 4.69) is 6.58 Å². The lowest BCUT2D eigenvalue weighted by Crippen LogP contribution is -2.40. The van der Waals surface area contributed by atoms with Gasteiger partial charge in [0.05, 0.1) is 0 Å². The highest BCUT2D eigenvalue weighted by Gasteiger charge is 2.23. The Kier molecular flexibility index (Phi) is 4.58. The number of aromatic nitrogens is 2. The third-order valence-electron chi connectivity index (χ3n) is 4.03.